The Hall–Kier alpha value is -3.26. The molecule has 0 heterocycles. The van der Waals surface area contributed by atoms with Gasteiger partial charge in [-0.05, 0) is 65.0 Å². The van der Waals surface area contributed by atoms with Gasteiger partial charge in [-0.25, -0.2) is 0 Å². The predicted octanol–water partition coefficient (Wildman–Crippen LogP) is 7.90. The van der Waals surface area contributed by atoms with E-state index >= 15 is 0 Å². The number of hydrogen-bond acceptors (Lipinski definition) is 3. The van der Waals surface area contributed by atoms with Crippen molar-refractivity contribution in [3.05, 3.63) is 112 Å². The maximum Gasteiger partial charge on any atom is 0.417 e. The van der Waals surface area contributed by atoms with Crippen LogP contribution in [0.4, 0.5) is 13.2 Å². The number of benzene rings is 4. The zero-order valence-corrected chi connectivity index (χ0v) is 22.5. The molecule has 0 fully saturated rings. The standard InChI is InChI=1S/C30H27ClF3NO3.ClH/c31-29-22(10-5-14-26(29)30(32,33)34)19-27(25-13-4-9-21-8-1-2-12-24(21)25)35-15-6-16-38-23-11-3-7-20(17-23)18-28(36)37;/h1-5,7-14,17,27,35H,6,15-16,18-19H2,(H,36,37);1H. The number of nitrogens with one attached hydrogen (secondary N) is 1. The van der Waals surface area contributed by atoms with E-state index < -0.39 is 17.7 Å². The third-order valence-corrected chi connectivity index (χ3v) is 6.69. The Morgan fingerprint density at radius 3 is 2.46 bits per heavy atom. The summed E-state index contributed by atoms with van der Waals surface area (Å²) in [7, 11) is 0. The Morgan fingerprint density at radius 2 is 1.69 bits per heavy atom. The first-order chi connectivity index (χ1) is 18.2. The van der Waals surface area contributed by atoms with E-state index in [1.165, 1.54) is 6.07 Å². The average molecular weight is 578 g/mol. The first-order valence-electron chi connectivity index (χ1n) is 12.2. The second kappa shape index (κ2) is 13.7. The van der Waals surface area contributed by atoms with Crippen LogP contribution in [-0.4, -0.2) is 24.2 Å². The summed E-state index contributed by atoms with van der Waals surface area (Å²) < 4.78 is 46.2. The second-order valence-electron chi connectivity index (χ2n) is 8.98. The molecule has 39 heavy (non-hydrogen) atoms. The van der Waals surface area contributed by atoms with Gasteiger partial charge < -0.3 is 15.2 Å². The Morgan fingerprint density at radius 1 is 0.974 bits per heavy atom. The summed E-state index contributed by atoms with van der Waals surface area (Å²) in [6.45, 7) is 0.926. The molecular weight excluding hydrogens is 550 g/mol. The quantitative estimate of drug-likeness (QED) is 0.178. The largest absolute Gasteiger partial charge is 0.494 e. The Bertz CT molecular complexity index is 1410. The lowest BCUT2D eigenvalue weighted by atomic mass is 9.93. The van der Waals surface area contributed by atoms with Crippen LogP contribution >= 0.6 is 24.0 Å². The van der Waals surface area contributed by atoms with Gasteiger partial charge in [0, 0.05) is 6.04 Å². The van der Waals surface area contributed by atoms with Gasteiger partial charge in [0.05, 0.1) is 23.6 Å². The SMILES string of the molecule is Cl.O=C(O)Cc1cccc(OCCCNC(Cc2cccc(C(F)(F)F)c2Cl)c2cccc3ccccc23)c1. The number of ether oxygens (including phenoxy) is 1. The normalized spacial score (nSPS) is 12.1. The minimum absolute atomic E-state index is 0. The van der Waals surface area contributed by atoms with Crippen molar-refractivity contribution in [3.8, 4) is 5.75 Å². The van der Waals surface area contributed by atoms with Gasteiger partial charge >= 0.3 is 12.1 Å². The summed E-state index contributed by atoms with van der Waals surface area (Å²) in [6.07, 6.45) is -3.71. The highest BCUT2D eigenvalue weighted by atomic mass is 35.5. The highest BCUT2D eigenvalue weighted by molar-refractivity contribution is 6.32. The third-order valence-electron chi connectivity index (χ3n) is 6.24. The molecule has 0 aliphatic heterocycles. The van der Waals surface area contributed by atoms with E-state index in [0.717, 1.165) is 22.4 Å². The maximum absolute atomic E-state index is 13.5. The van der Waals surface area contributed by atoms with Gasteiger partial charge in [-0.3, -0.25) is 4.79 Å². The van der Waals surface area contributed by atoms with Gasteiger partial charge in [-0.2, -0.15) is 13.2 Å². The van der Waals surface area contributed by atoms with Crippen molar-refractivity contribution in [3.63, 3.8) is 0 Å². The topological polar surface area (TPSA) is 58.6 Å². The second-order valence-corrected chi connectivity index (χ2v) is 9.35. The molecule has 0 radical (unpaired) electrons. The third kappa shape index (κ3) is 8.12. The number of halogens is 5. The van der Waals surface area contributed by atoms with E-state index in [-0.39, 0.29) is 36.3 Å². The molecule has 0 aliphatic carbocycles. The summed E-state index contributed by atoms with van der Waals surface area (Å²) in [5.41, 5.74) is 1.20. The number of aliphatic carboxylic acids is 1. The molecule has 0 amide bonds. The first kappa shape index (κ1) is 30.3. The molecule has 4 rings (SSSR count). The fourth-order valence-corrected chi connectivity index (χ4v) is 4.79. The Balaban J connectivity index is 0.00000420. The lowest BCUT2D eigenvalue weighted by Crippen LogP contribution is -2.26. The number of carbonyl (C=O) groups is 1. The summed E-state index contributed by atoms with van der Waals surface area (Å²) in [5.74, 6) is -0.322. The van der Waals surface area contributed by atoms with Gasteiger partial charge in [0.15, 0.2) is 0 Å². The van der Waals surface area contributed by atoms with E-state index in [9.17, 15) is 18.0 Å². The maximum atomic E-state index is 13.5. The highest BCUT2D eigenvalue weighted by Crippen LogP contribution is 2.38. The zero-order valence-electron chi connectivity index (χ0n) is 20.9. The van der Waals surface area contributed by atoms with Gasteiger partial charge in [-0.15, -0.1) is 12.4 Å². The molecule has 206 valence electrons. The van der Waals surface area contributed by atoms with Crippen LogP contribution in [0.2, 0.25) is 5.02 Å². The summed E-state index contributed by atoms with van der Waals surface area (Å²) in [4.78, 5) is 10.9. The summed E-state index contributed by atoms with van der Waals surface area (Å²) in [6, 6.07) is 24.5. The molecule has 4 nitrogen and oxygen atoms in total. The van der Waals surface area contributed by atoms with Crippen molar-refractivity contribution in [1.29, 1.82) is 0 Å². The summed E-state index contributed by atoms with van der Waals surface area (Å²) >= 11 is 6.23. The van der Waals surface area contributed by atoms with Gasteiger partial charge in [0.2, 0.25) is 0 Å². The molecule has 1 unspecified atom stereocenters. The van der Waals surface area contributed by atoms with Gasteiger partial charge in [0.25, 0.3) is 0 Å². The van der Waals surface area contributed by atoms with Gasteiger partial charge in [-0.1, -0.05) is 78.3 Å². The molecule has 0 spiro atoms. The van der Waals surface area contributed by atoms with Crippen LogP contribution in [0.5, 0.6) is 5.75 Å². The summed E-state index contributed by atoms with van der Waals surface area (Å²) in [5, 5.41) is 14.2. The first-order valence-corrected chi connectivity index (χ1v) is 12.6. The monoisotopic (exact) mass is 577 g/mol. The van der Waals surface area contributed by atoms with E-state index in [0.29, 0.717) is 36.4 Å². The van der Waals surface area contributed by atoms with Crippen LogP contribution in [0, 0.1) is 0 Å². The number of carboxylic acid groups (broad SMARTS) is 1. The minimum atomic E-state index is -4.53. The molecule has 0 saturated carbocycles. The molecule has 0 aromatic heterocycles. The Labute approximate surface area is 236 Å². The van der Waals surface area contributed by atoms with E-state index in [1.54, 1.807) is 30.3 Å². The van der Waals surface area contributed by atoms with Crippen molar-refractivity contribution in [2.24, 2.45) is 0 Å². The van der Waals surface area contributed by atoms with Crippen LogP contribution in [0.3, 0.4) is 0 Å². The molecule has 0 aliphatic rings. The average Bonchev–Trinajstić information content (AvgIpc) is 2.87. The molecule has 4 aromatic rings. The Kier molecular flexibility index (Phi) is 10.6. The predicted molar refractivity (Wildman–Crippen MR) is 150 cm³/mol. The minimum Gasteiger partial charge on any atom is -0.494 e. The van der Waals surface area contributed by atoms with Crippen molar-refractivity contribution < 1.29 is 27.8 Å². The lowest BCUT2D eigenvalue weighted by molar-refractivity contribution is -0.138. The molecule has 1 atom stereocenters. The van der Waals surface area contributed by atoms with Crippen molar-refractivity contribution >= 4 is 40.7 Å². The molecule has 2 N–H and O–H groups in total. The van der Waals surface area contributed by atoms with E-state index in [1.807, 2.05) is 42.5 Å². The van der Waals surface area contributed by atoms with Gasteiger partial charge in [0.1, 0.15) is 5.75 Å². The van der Waals surface area contributed by atoms with Crippen LogP contribution in [0.15, 0.2) is 84.9 Å². The molecule has 9 heteroatoms. The fraction of sp³-hybridized carbons (Fsp3) is 0.233. The molecular formula is C30H28Cl2F3NO3. The molecule has 0 saturated heterocycles. The van der Waals surface area contributed by atoms with Crippen molar-refractivity contribution in [2.45, 2.75) is 31.5 Å². The van der Waals surface area contributed by atoms with Crippen molar-refractivity contribution in [1.82, 2.24) is 5.32 Å². The van der Waals surface area contributed by atoms with E-state index in [4.69, 9.17) is 21.4 Å². The van der Waals surface area contributed by atoms with Crippen molar-refractivity contribution in [2.75, 3.05) is 13.2 Å². The van der Waals surface area contributed by atoms with Crippen LogP contribution in [-0.2, 0) is 23.8 Å². The zero-order chi connectivity index (χ0) is 27.1. The highest BCUT2D eigenvalue weighted by Gasteiger charge is 2.34. The van der Waals surface area contributed by atoms with Crippen LogP contribution < -0.4 is 10.1 Å². The molecule has 4 aromatic carbocycles. The fourth-order valence-electron chi connectivity index (χ4n) is 4.48. The number of alkyl halides is 3. The lowest BCUT2D eigenvalue weighted by Gasteiger charge is -2.23. The number of hydrogen-bond donors (Lipinski definition) is 2. The van der Waals surface area contributed by atoms with E-state index in [2.05, 4.69) is 5.32 Å². The number of carboxylic acids is 1. The molecule has 0 bridgehead atoms. The van der Waals surface area contributed by atoms with Crippen LogP contribution in [0.25, 0.3) is 10.8 Å². The smallest absolute Gasteiger partial charge is 0.417 e. The van der Waals surface area contributed by atoms with Crippen LogP contribution in [0.1, 0.15) is 34.7 Å². The number of rotatable bonds is 11. The number of fused-ring (bicyclic) bond motifs is 1.